The van der Waals surface area contributed by atoms with Crippen molar-refractivity contribution < 1.29 is 14.3 Å². The van der Waals surface area contributed by atoms with E-state index in [0.29, 0.717) is 22.4 Å². The van der Waals surface area contributed by atoms with Gasteiger partial charge < -0.3 is 9.47 Å². The lowest BCUT2D eigenvalue weighted by molar-refractivity contribution is -0.116. The fourth-order valence-corrected chi connectivity index (χ4v) is 4.43. The van der Waals surface area contributed by atoms with Crippen LogP contribution in [-0.2, 0) is 4.79 Å². The van der Waals surface area contributed by atoms with Crippen molar-refractivity contribution in [3.63, 3.8) is 0 Å². The topological polar surface area (TPSA) is 75.5 Å². The van der Waals surface area contributed by atoms with Crippen LogP contribution in [0.5, 0.6) is 11.5 Å². The summed E-state index contributed by atoms with van der Waals surface area (Å²) in [6.07, 6.45) is 1.70. The van der Waals surface area contributed by atoms with Crippen LogP contribution in [0.15, 0.2) is 52.6 Å². The Bertz CT molecular complexity index is 1130. The molecule has 0 saturated heterocycles. The normalized spacial score (nSPS) is 19.1. The lowest BCUT2D eigenvalue weighted by atomic mass is 10.1. The molecule has 0 bridgehead atoms. The van der Waals surface area contributed by atoms with Crippen LogP contribution in [-0.4, -0.2) is 28.6 Å². The molecule has 0 unspecified atom stereocenters. The Labute approximate surface area is 172 Å². The number of ether oxygens (including phenoxy) is 2. The maximum Gasteiger partial charge on any atom is 0.276 e. The molecular weight excluding hydrogens is 388 g/mol. The third-order valence-electron chi connectivity index (χ3n) is 4.95. The Hall–Kier alpha value is -3.00. The van der Waals surface area contributed by atoms with E-state index in [1.807, 2.05) is 42.5 Å². The minimum Gasteiger partial charge on any atom is -0.454 e. The third-order valence-corrected chi connectivity index (χ3v) is 5.90. The van der Waals surface area contributed by atoms with E-state index in [1.54, 1.807) is 16.8 Å². The van der Waals surface area contributed by atoms with E-state index in [4.69, 9.17) is 19.6 Å². The number of amides is 1. The van der Waals surface area contributed by atoms with E-state index in [2.05, 4.69) is 12.2 Å². The molecule has 1 amide bonds. The van der Waals surface area contributed by atoms with Crippen LogP contribution in [0, 0.1) is 0 Å². The summed E-state index contributed by atoms with van der Waals surface area (Å²) in [5.74, 6) is 2.14. The smallest absolute Gasteiger partial charge is 0.276 e. The van der Waals surface area contributed by atoms with Gasteiger partial charge in [-0.1, -0.05) is 49.4 Å². The standard InChI is InChI=1S/C21H20N4O3S/c1-2-3-10-29-21-23-20(26)18-14-6-4-5-7-15(14)22-19(25(18)24-21)13-8-9-16-17(11-13)28-12-27-16/h4-9,11,19H,2-3,10,12H2,1H3,(H,23,24,26)/t19-/m0/s1. The van der Waals surface area contributed by atoms with Crippen molar-refractivity contribution >= 4 is 28.5 Å². The summed E-state index contributed by atoms with van der Waals surface area (Å²) in [7, 11) is 0. The van der Waals surface area contributed by atoms with Gasteiger partial charge in [-0.15, -0.1) is 5.10 Å². The van der Waals surface area contributed by atoms with Gasteiger partial charge in [-0.05, 0) is 24.6 Å². The Morgan fingerprint density at radius 1 is 1.21 bits per heavy atom. The van der Waals surface area contributed by atoms with Crippen molar-refractivity contribution in [2.24, 2.45) is 10.1 Å². The Morgan fingerprint density at radius 2 is 2.07 bits per heavy atom. The first-order chi connectivity index (χ1) is 14.2. The van der Waals surface area contributed by atoms with Crippen LogP contribution in [0.2, 0.25) is 0 Å². The lowest BCUT2D eigenvalue weighted by Gasteiger charge is -2.34. The summed E-state index contributed by atoms with van der Waals surface area (Å²) in [6.45, 7) is 2.35. The van der Waals surface area contributed by atoms with Crippen molar-refractivity contribution in [3.8, 4) is 11.5 Å². The summed E-state index contributed by atoms with van der Waals surface area (Å²) < 4.78 is 11.0. The summed E-state index contributed by atoms with van der Waals surface area (Å²) >= 11 is 1.56. The Morgan fingerprint density at radius 3 is 2.97 bits per heavy atom. The predicted octanol–water partition coefficient (Wildman–Crippen LogP) is 2.09. The predicted molar refractivity (Wildman–Crippen MR) is 111 cm³/mol. The SMILES string of the molecule is CCCCSC1=NN2C(=c3ccccc3=N[C@@H]2c2ccc3c(c2)OCO3)C(=O)N1. The number of para-hydroxylation sites is 1. The van der Waals surface area contributed by atoms with Gasteiger partial charge >= 0.3 is 0 Å². The maximum absolute atomic E-state index is 13.0. The molecule has 0 saturated carbocycles. The molecule has 3 aliphatic heterocycles. The molecule has 1 N–H and O–H groups in total. The summed E-state index contributed by atoms with van der Waals surface area (Å²) in [5, 5.41) is 11.6. The van der Waals surface area contributed by atoms with Gasteiger partial charge in [0.25, 0.3) is 5.91 Å². The number of carbonyl (C=O) groups is 1. The average molecular weight is 408 g/mol. The number of rotatable bonds is 4. The van der Waals surface area contributed by atoms with Crippen LogP contribution in [0.3, 0.4) is 0 Å². The summed E-state index contributed by atoms with van der Waals surface area (Å²) in [5.41, 5.74) is 1.40. The lowest BCUT2D eigenvalue weighted by Crippen LogP contribution is -2.50. The molecule has 8 heteroatoms. The van der Waals surface area contributed by atoms with Crippen molar-refractivity contribution in [3.05, 3.63) is 58.6 Å². The van der Waals surface area contributed by atoms with E-state index in [0.717, 1.165) is 34.7 Å². The molecule has 0 aliphatic carbocycles. The van der Waals surface area contributed by atoms with Gasteiger partial charge in [0.1, 0.15) is 5.70 Å². The van der Waals surface area contributed by atoms with Crippen molar-refractivity contribution in [2.45, 2.75) is 25.9 Å². The van der Waals surface area contributed by atoms with E-state index >= 15 is 0 Å². The monoisotopic (exact) mass is 408 g/mol. The van der Waals surface area contributed by atoms with Crippen LogP contribution in [0.1, 0.15) is 31.5 Å². The molecule has 5 rings (SSSR count). The second-order valence-corrected chi connectivity index (χ2v) is 7.97. The van der Waals surface area contributed by atoms with Crippen molar-refractivity contribution in [1.29, 1.82) is 0 Å². The number of hydrazone groups is 1. The fourth-order valence-electron chi connectivity index (χ4n) is 3.50. The zero-order valence-corrected chi connectivity index (χ0v) is 16.7. The molecular formula is C21H20N4O3S. The number of nitrogens with zero attached hydrogens (tertiary/aromatic N) is 3. The van der Waals surface area contributed by atoms with Crippen LogP contribution in [0.25, 0.3) is 5.70 Å². The number of hydrogen-bond acceptors (Lipinski definition) is 7. The number of thioether (sulfide) groups is 1. The first kappa shape index (κ1) is 18.1. The van der Waals surface area contributed by atoms with Gasteiger partial charge in [-0.2, -0.15) is 0 Å². The largest absolute Gasteiger partial charge is 0.454 e. The quantitative estimate of drug-likeness (QED) is 0.784. The van der Waals surface area contributed by atoms with Crippen LogP contribution < -0.4 is 25.4 Å². The zero-order chi connectivity index (χ0) is 19.8. The van der Waals surface area contributed by atoms with E-state index in [9.17, 15) is 4.79 Å². The molecule has 0 aromatic heterocycles. The van der Waals surface area contributed by atoms with Gasteiger partial charge in [-0.25, -0.2) is 5.01 Å². The maximum atomic E-state index is 13.0. The van der Waals surface area contributed by atoms with Gasteiger partial charge in [0.05, 0.1) is 5.36 Å². The Kier molecular flexibility index (Phi) is 4.63. The molecule has 1 atom stereocenters. The zero-order valence-electron chi connectivity index (χ0n) is 15.9. The molecule has 0 spiro atoms. The second-order valence-electron chi connectivity index (χ2n) is 6.89. The number of fused-ring (bicyclic) bond motifs is 3. The second kappa shape index (κ2) is 7.44. The highest BCUT2D eigenvalue weighted by Crippen LogP contribution is 2.38. The van der Waals surface area contributed by atoms with E-state index < -0.39 is 6.17 Å². The molecule has 148 valence electrons. The molecule has 0 fully saturated rings. The highest BCUT2D eigenvalue weighted by molar-refractivity contribution is 8.13. The van der Waals surface area contributed by atoms with Gasteiger partial charge in [0, 0.05) is 16.5 Å². The first-order valence-corrected chi connectivity index (χ1v) is 10.6. The van der Waals surface area contributed by atoms with Gasteiger partial charge in [0.15, 0.2) is 22.8 Å². The van der Waals surface area contributed by atoms with Crippen LogP contribution in [0.4, 0.5) is 0 Å². The Balaban J connectivity index is 1.62. The number of amidine groups is 1. The minimum atomic E-state index is -0.456. The minimum absolute atomic E-state index is 0.160. The van der Waals surface area contributed by atoms with Crippen molar-refractivity contribution in [1.82, 2.24) is 10.3 Å². The number of hydrogen-bond donors (Lipinski definition) is 1. The molecule has 3 aliphatic rings. The molecule has 2 aromatic carbocycles. The molecule has 0 radical (unpaired) electrons. The fraction of sp³-hybridized carbons (Fsp3) is 0.286. The van der Waals surface area contributed by atoms with Crippen LogP contribution >= 0.6 is 11.8 Å². The highest BCUT2D eigenvalue weighted by Gasteiger charge is 2.35. The van der Waals surface area contributed by atoms with Gasteiger partial charge in [0.2, 0.25) is 6.79 Å². The molecule has 3 heterocycles. The third kappa shape index (κ3) is 3.23. The van der Waals surface area contributed by atoms with Crippen molar-refractivity contribution in [2.75, 3.05) is 12.5 Å². The van der Waals surface area contributed by atoms with Gasteiger partial charge in [-0.3, -0.25) is 15.1 Å². The molecule has 2 aromatic rings. The summed E-state index contributed by atoms with van der Waals surface area (Å²) in [4.78, 5) is 17.9. The molecule has 7 nitrogen and oxygen atoms in total. The highest BCUT2D eigenvalue weighted by atomic mass is 32.2. The summed E-state index contributed by atoms with van der Waals surface area (Å²) in [6, 6.07) is 13.4. The van der Waals surface area contributed by atoms with E-state index in [-0.39, 0.29) is 12.7 Å². The van der Waals surface area contributed by atoms with E-state index in [1.165, 1.54) is 0 Å². The average Bonchev–Trinajstić information content (AvgIpc) is 3.21. The number of carbonyl (C=O) groups excluding carboxylic acids is 1. The number of nitrogens with one attached hydrogen (secondary N) is 1. The number of unbranched alkanes of at least 4 members (excludes halogenated alkanes) is 1. The first-order valence-electron chi connectivity index (χ1n) is 9.63. The number of benzene rings is 2. The molecule has 29 heavy (non-hydrogen) atoms.